The Morgan fingerprint density at radius 2 is 2.05 bits per heavy atom. The number of nitrogens with one attached hydrogen (secondary N) is 1. The molecule has 0 aromatic heterocycles. The Morgan fingerprint density at radius 3 is 2.65 bits per heavy atom. The highest BCUT2D eigenvalue weighted by Crippen LogP contribution is 2.49. The van der Waals surface area contributed by atoms with E-state index in [0.29, 0.717) is 23.4 Å². The molecule has 0 spiro atoms. The SMILES string of the molecule is CC(NC(=O)Cc1ccc(Cl)cc1)C1CC2CCC1C2. The molecule has 2 bridgehead atoms. The van der Waals surface area contributed by atoms with Crippen LogP contribution in [0.4, 0.5) is 0 Å². The summed E-state index contributed by atoms with van der Waals surface area (Å²) in [5.74, 6) is 2.61. The van der Waals surface area contributed by atoms with E-state index in [2.05, 4.69) is 12.2 Å². The van der Waals surface area contributed by atoms with Gasteiger partial charge in [0.1, 0.15) is 0 Å². The molecule has 4 atom stereocenters. The number of fused-ring (bicyclic) bond motifs is 2. The Labute approximate surface area is 125 Å². The van der Waals surface area contributed by atoms with E-state index in [1.807, 2.05) is 24.3 Å². The molecule has 1 N–H and O–H groups in total. The number of halogens is 1. The number of rotatable bonds is 4. The lowest BCUT2D eigenvalue weighted by molar-refractivity contribution is -0.121. The van der Waals surface area contributed by atoms with Gasteiger partial charge in [-0.25, -0.2) is 0 Å². The van der Waals surface area contributed by atoms with Crippen molar-refractivity contribution >= 4 is 17.5 Å². The highest BCUT2D eigenvalue weighted by atomic mass is 35.5. The summed E-state index contributed by atoms with van der Waals surface area (Å²) in [6.07, 6.45) is 5.93. The summed E-state index contributed by atoms with van der Waals surface area (Å²) in [6.45, 7) is 2.17. The van der Waals surface area contributed by atoms with E-state index >= 15 is 0 Å². The zero-order chi connectivity index (χ0) is 14.1. The molecule has 3 heteroatoms. The molecule has 2 saturated carbocycles. The Balaban J connectivity index is 1.52. The molecular formula is C17H22ClNO. The van der Waals surface area contributed by atoms with E-state index in [1.54, 1.807) is 0 Å². The fourth-order valence-corrected chi connectivity index (χ4v) is 4.23. The number of benzene rings is 1. The average molecular weight is 292 g/mol. The van der Waals surface area contributed by atoms with E-state index in [-0.39, 0.29) is 5.91 Å². The normalized spacial score (nSPS) is 29.4. The highest BCUT2D eigenvalue weighted by Gasteiger charge is 2.42. The third-order valence-corrected chi connectivity index (χ3v) is 5.35. The molecule has 3 rings (SSSR count). The van der Waals surface area contributed by atoms with Gasteiger partial charge in [0.25, 0.3) is 0 Å². The first-order valence-corrected chi connectivity index (χ1v) is 8.03. The van der Waals surface area contributed by atoms with Crippen LogP contribution in [0.3, 0.4) is 0 Å². The van der Waals surface area contributed by atoms with Gasteiger partial charge in [-0.3, -0.25) is 4.79 Å². The quantitative estimate of drug-likeness (QED) is 0.898. The molecule has 2 fully saturated rings. The van der Waals surface area contributed by atoms with Gasteiger partial charge in [-0.15, -0.1) is 0 Å². The largest absolute Gasteiger partial charge is 0.353 e. The second-order valence-electron chi connectivity index (χ2n) is 6.50. The van der Waals surface area contributed by atoms with E-state index in [1.165, 1.54) is 25.7 Å². The topological polar surface area (TPSA) is 29.1 Å². The third-order valence-electron chi connectivity index (χ3n) is 5.10. The van der Waals surface area contributed by atoms with Crippen molar-refractivity contribution in [1.82, 2.24) is 5.32 Å². The number of hydrogen-bond donors (Lipinski definition) is 1. The van der Waals surface area contributed by atoms with Crippen molar-refractivity contribution in [1.29, 1.82) is 0 Å². The van der Waals surface area contributed by atoms with Crippen molar-refractivity contribution in [2.75, 3.05) is 0 Å². The minimum atomic E-state index is 0.127. The van der Waals surface area contributed by atoms with Gasteiger partial charge in [-0.1, -0.05) is 30.2 Å². The van der Waals surface area contributed by atoms with Gasteiger partial charge in [-0.2, -0.15) is 0 Å². The zero-order valence-corrected chi connectivity index (χ0v) is 12.7. The lowest BCUT2D eigenvalue weighted by Gasteiger charge is -2.28. The molecule has 1 aromatic carbocycles. The van der Waals surface area contributed by atoms with Crippen LogP contribution in [0.1, 0.15) is 38.2 Å². The molecule has 0 aliphatic heterocycles. The van der Waals surface area contributed by atoms with Crippen molar-refractivity contribution in [2.24, 2.45) is 17.8 Å². The molecule has 2 aliphatic carbocycles. The fourth-order valence-electron chi connectivity index (χ4n) is 4.11. The Bertz CT molecular complexity index is 484. The van der Waals surface area contributed by atoms with Crippen LogP contribution in [-0.2, 0) is 11.2 Å². The smallest absolute Gasteiger partial charge is 0.224 e. The average Bonchev–Trinajstić information content (AvgIpc) is 3.03. The van der Waals surface area contributed by atoms with E-state index in [4.69, 9.17) is 11.6 Å². The van der Waals surface area contributed by atoms with Crippen molar-refractivity contribution in [3.05, 3.63) is 34.9 Å². The third kappa shape index (κ3) is 3.01. The number of hydrogen-bond acceptors (Lipinski definition) is 1. The van der Waals surface area contributed by atoms with Crippen LogP contribution in [0.2, 0.25) is 5.02 Å². The molecule has 4 unspecified atom stereocenters. The van der Waals surface area contributed by atoms with Gasteiger partial charge < -0.3 is 5.32 Å². The molecule has 2 nitrogen and oxygen atoms in total. The van der Waals surface area contributed by atoms with Crippen molar-refractivity contribution in [3.8, 4) is 0 Å². The fraction of sp³-hybridized carbons (Fsp3) is 0.588. The summed E-state index contributed by atoms with van der Waals surface area (Å²) in [6, 6.07) is 7.83. The summed E-state index contributed by atoms with van der Waals surface area (Å²) in [4.78, 5) is 12.1. The van der Waals surface area contributed by atoms with Crippen LogP contribution in [0.25, 0.3) is 0 Å². The Morgan fingerprint density at radius 1 is 1.30 bits per heavy atom. The molecule has 20 heavy (non-hydrogen) atoms. The predicted octanol–water partition coefficient (Wildman–Crippen LogP) is 3.82. The lowest BCUT2D eigenvalue weighted by Crippen LogP contribution is -2.40. The molecule has 1 amide bonds. The first-order chi connectivity index (χ1) is 9.61. The molecule has 2 aliphatic rings. The number of carbonyl (C=O) groups is 1. The minimum Gasteiger partial charge on any atom is -0.353 e. The maximum absolute atomic E-state index is 12.1. The summed E-state index contributed by atoms with van der Waals surface area (Å²) in [7, 11) is 0. The van der Waals surface area contributed by atoms with E-state index in [9.17, 15) is 4.79 Å². The summed E-state index contributed by atoms with van der Waals surface area (Å²) in [5, 5.41) is 3.91. The van der Waals surface area contributed by atoms with Crippen LogP contribution in [-0.4, -0.2) is 11.9 Å². The second kappa shape index (κ2) is 5.77. The molecule has 0 radical (unpaired) electrons. The summed E-state index contributed by atoms with van der Waals surface area (Å²) in [5.41, 5.74) is 1.02. The molecule has 0 saturated heterocycles. The van der Waals surface area contributed by atoms with E-state index in [0.717, 1.165) is 17.4 Å². The lowest BCUT2D eigenvalue weighted by atomic mass is 9.84. The first kappa shape index (κ1) is 13.9. The van der Waals surface area contributed by atoms with Gasteiger partial charge in [0.15, 0.2) is 0 Å². The van der Waals surface area contributed by atoms with Crippen LogP contribution in [0.5, 0.6) is 0 Å². The van der Waals surface area contributed by atoms with Gasteiger partial charge in [0.05, 0.1) is 6.42 Å². The van der Waals surface area contributed by atoms with Crippen LogP contribution < -0.4 is 5.32 Å². The monoisotopic (exact) mass is 291 g/mol. The van der Waals surface area contributed by atoms with Crippen LogP contribution in [0, 0.1) is 17.8 Å². The highest BCUT2D eigenvalue weighted by molar-refractivity contribution is 6.30. The summed E-state index contributed by atoms with van der Waals surface area (Å²) < 4.78 is 0. The minimum absolute atomic E-state index is 0.127. The maximum Gasteiger partial charge on any atom is 0.224 e. The number of amides is 1. The van der Waals surface area contributed by atoms with Crippen molar-refractivity contribution < 1.29 is 4.79 Å². The van der Waals surface area contributed by atoms with Gasteiger partial charge in [-0.05, 0) is 61.6 Å². The Kier molecular flexibility index (Phi) is 4.02. The van der Waals surface area contributed by atoms with Crippen LogP contribution >= 0.6 is 11.6 Å². The molecule has 108 valence electrons. The second-order valence-corrected chi connectivity index (χ2v) is 6.93. The maximum atomic E-state index is 12.1. The molecule has 1 aromatic rings. The zero-order valence-electron chi connectivity index (χ0n) is 11.9. The molecule has 0 heterocycles. The Hall–Kier alpha value is -1.02. The van der Waals surface area contributed by atoms with Gasteiger partial charge in [0.2, 0.25) is 5.91 Å². The first-order valence-electron chi connectivity index (χ1n) is 7.65. The van der Waals surface area contributed by atoms with Crippen molar-refractivity contribution in [2.45, 2.75) is 45.1 Å². The van der Waals surface area contributed by atoms with Crippen molar-refractivity contribution in [3.63, 3.8) is 0 Å². The van der Waals surface area contributed by atoms with Gasteiger partial charge >= 0.3 is 0 Å². The standard InChI is InChI=1S/C17H22ClNO/c1-11(16-9-13-2-5-14(16)8-13)19-17(20)10-12-3-6-15(18)7-4-12/h3-4,6-7,11,13-14,16H,2,5,8-10H2,1H3,(H,19,20). The van der Waals surface area contributed by atoms with Gasteiger partial charge in [0, 0.05) is 11.1 Å². The summed E-state index contributed by atoms with van der Waals surface area (Å²) >= 11 is 5.85. The molecular weight excluding hydrogens is 270 g/mol. The number of carbonyl (C=O) groups excluding carboxylic acids is 1. The predicted molar refractivity (Wildman–Crippen MR) is 81.7 cm³/mol. The van der Waals surface area contributed by atoms with E-state index < -0.39 is 0 Å². The van der Waals surface area contributed by atoms with Crippen LogP contribution in [0.15, 0.2) is 24.3 Å².